The van der Waals surface area contributed by atoms with Gasteiger partial charge in [-0.25, -0.2) is 4.79 Å². The Hall–Kier alpha value is 0. The first-order valence-electron chi connectivity index (χ1n) is 5.94. The second-order valence-electron chi connectivity index (χ2n) is 5.65. The molecule has 16 heavy (non-hydrogen) atoms. The number of alkyl halides is 1. The van der Waals surface area contributed by atoms with Crippen LogP contribution in [-0.2, 0) is 0 Å². The largest absolute Gasteiger partial charge is 0.465 e. The molecule has 0 aromatic heterocycles. The fourth-order valence-corrected chi connectivity index (χ4v) is 3.43. The molecule has 1 fully saturated rings. The molecule has 1 N–H and O–H groups in total. The van der Waals surface area contributed by atoms with Gasteiger partial charge in [0, 0.05) is 16.0 Å². The van der Waals surface area contributed by atoms with Gasteiger partial charge in [0.15, 0.2) is 0 Å². The molecular weight excluding hydrogens is 317 g/mol. The molecule has 1 amide bonds. The van der Waals surface area contributed by atoms with E-state index < -0.39 is 6.09 Å². The van der Waals surface area contributed by atoms with Crippen LogP contribution in [0.2, 0.25) is 0 Å². The lowest BCUT2D eigenvalue weighted by molar-refractivity contribution is 0.0520. The van der Waals surface area contributed by atoms with E-state index in [0.29, 0.717) is 0 Å². The van der Waals surface area contributed by atoms with Gasteiger partial charge in [-0.15, -0.1) is 0 Å². The second-order valence-corrected chi connectivity index (χ2v) is 6.53. The van der Waals surface area contributed by atoms with Gasteiger partial charge in [0.05, 0.1) is 0 Å². The van der Waals surface area contributed by atoms with Gasteiger partial charge in [0.2, 0.25) is 0 Å². The number of amides is 1. The zero-order chi connectivity index (χ0) is 12.3. The summed E-state index contributed by atoms with van der Waals surface area (Å²) in [6, 6.07) is 0.219. The monoisotopic (exact) mass is 339 g/mol. The van der Waals surface area contributed by atoms with Gasteiger partial charge in [-0.2, -0.15) is 0 Å². The van der Waals surface area contributed by atoms with Gasteiger partial charge >= 0.3 is 6.09 Å². The van der Waals surface area contributed by atoms with E-state index in [1.54, 1.807) is 4.90 Å². The Balaban J connectivity index is 2.65. The van der Waals surface area contributed by atoms with Crippen molar-refractivity contribution in [2.45, 2.75) is 58.0 Å². The van der Waals surface area contributed by atoms with Crippen molar-refractivity contribution in [3.8, 4) is 0 Å². The predicted octanol–water partition coefficient (Wildman–Crippen LogP) is 3.76. The van der Waals surface area contributed by atoms with Crippen LogP contribution in [-0.4, -0.2) is 32.1 Å². The molecular formula is C12H22INO2. The van der Waals surface area contributed by atoms with Crippen LogP contribution in [0.4, 0.5) is 4.79 Å². The number of rotatable bonds is 2. The summed E-state index contributed by atoms with van der Waals surface area (Å²) >= 11 is 2.43. The summed E-state index contributed by atoms with van der Waals surface area (Å²) in [7, 11) is 0. The molecule has 0 aromatic carbocycles. The molecule has 1 saturated carbocycles. The van der Waals surface area contributed by atoms with Gasteiger partial charge in [-0.05, 0) is 52.4 Å². The maximum Gasteiger partial charge on any atom is 0.407 e. The van der Waals surface area contributed by atoms with Crippen molar-refractivity contribution in [2.24, 2.45) is 5.92 Å². The van der Waals surface area contributed by atoms with Crippen LogP contribution in [0.5, 0.6) is 0 Å². The number of halogens is 1. The molecule has 0 atom stereocenters. The Labute approximate surface area is 112 Å². The molecule has 0 bridgehead atoms. The number of carboxylic acid groups (broad SMARTS) is 1. The summed E-state index contributed by atoms with van der Waals surface area (Å²) in [5, 5.41) is 9.31. The lowest BCUT2D eigenvalue weighted by Gasteiger charge is -2.42. The van der Waals surface area contributed by atoms with Crippen molar-refractivity contribution in [1.29, 1.82) is 0 Å². The summed E-state index contributed by atoms with van der Waals surface area (Å²) in [4.78, 5) is 13.0. The molecule has 1 aliphatic carbocycles. The average molecular weight is 339 g/mol. The third-order valence-corrected chi connectivity index (χ3v) is 4.57. The number of hydrogen-bond acceptors (Lipinski definition) is 1. The molecule has 0 spiro atoms. The van der Waals surface area contributed by atoms with Crippen LogP contribution < -0.4 is 0 Å². The minimum Gasteiger partial charge on any atom is -0.465 e. The molecule has 0 saturated heterocycles. The Bertz CT molecular complexity index is 242. The van der Waals surface area contributed by atoms with Crippen LogP contribution >= 0.6 is 22.6 Å². The SMILES string of the molecule is CC(C)(C)N(C(=O)O)[C@H]1CC[C@H](CI)CC1. The molecule has 1 aliphatic rings. The topological polar surface area (TPSA) is 40.5 Å². The van der Waals surface area contributed by atoms with Crippen LogP contribution in [0.15, 0.2) is 0 Å². The fraction of sp³-hybridized carbons (Fsp3) is 0.917. The molecule has 0 heterocycles. The van der Waals surface area contributed by atoms with E-state index in [0.717, 1.165) is 18.8 Å². The first-order valence-corrected chi connectivity index (χ1v) is 7.47. The van der Waals surface area contributed by atoms with Crippen molar-refractivity contribution in [3.63, 3.8) is 0 Å². The van der Waals surface area contributed by atoms with Crippen molar-refractivity contribution >= 4 is 28.7 Å². The van der Waals surface area contributed by atoms with Crippen LogP contribution in [0.1, 0.15) is 46.5 Å². The average Bonchev–Trinajstić information content (AvgIpc) is 2.16. The van der Waals surface area contributed by atoms with Gasteiger partial charge in [-0.3, -0.25) is 0 Å². The molecule has 0 aromatic rings. The van der Waals surface area contributed by atoms with E-state index in [4.69, 9.17) is 0 Å². The standard InChI is InChI=1S/C12H22INO2/c1-12(2,3)14(11(15)16)10-6-4-9(8-13)5-7-10/h9-10H,4-8H2,1-3H3,(H,15,16)/t9-,10-. The van der Waals surface area contributed by atoms with E-state index in [1.807, 2.05) is 20.8 Å². The second kappa shape index (κ2) is 5.56. The Kier molecular flexibility index (Phi) is 4.88. The Morgan fingerprint density at radius 2 is 1.81 bits per heavy atom. The van der Waals surface area contributed by atoms with E-state index >= 15 is 0 Å². The quantitative estimate of drug-likeness (QED) is 0.615. The molecule has 94 valence electrons. The first-order chi connectivity index (χ1) is 7.36. The molecule has 4 heteroatoms. The molecule has 3 nitrogen and oxygen atoms in total. The minimum absolute atomic E-state index is 0.219. The summed E-state index contributed by atoms with van der Waals surface area (Å²) in [5.74, 6) is 0.799. The molecule has 0 aliphatic heterocycles. The van der Waals surface area contributed by atoms with Gasteiger partial charge in [0.1, 0.15) is 0 Å². The van der Waals surface area contributed by atoms with Gasteiger partial charge < -0.3 is 10.0 Å². The highest BCUT2D eigenvalue weighted by Gasteiger charge is 2.35. The highest BCUT2D eigenvalue weighted by atomic mass is 127. The Morgan fingerprint density at radius 1 is 1.31 bits per heavy atom. The first kappa shape index (κ1) is 14.1. The normalized spacial score (nSPS) is 26.5. The van der Waals surface area contributed by atoms with E-state index in [2.05, 4.69) is 22.6 Å². The van der Waals surface area contributed by atoms with Gasteiger partial charge in [0.25, 0.3) is 0 Å². The lowest BCUT2D eigenvalue weighted by atomic mass is 9.85. The Morgan fingerprint density at radius 3 is 2.12 bits per heavy atom. The van der Waals surface area contributed by atoms with Crippen molar-refractivity contribution < 1.29 is 9.90 Å². The maximum atomic E-state index is 11.3. The van der Waals surface area contributed by atoms with E-state index in [-0.39, 0.29) is 11.6 Å². The molecule has 0 radical (unpaired) electrons. The van der Waals surface area contributed by atoms with Crippen molar-refractivity contribution in [2.75, 3.05) is 4.43 Å². The zero-order valence-corrected chi connectivity index (χ0v) is 12.5. The zero-order valence-electron chi connectivity index (χ0n) is 10.4. The highest BCUT2D eigenvalue weighted by molar-refractivity contribution is 14.1. The van der Waals surface area contributed by atoms with Crippen LogP contribution in [0, 0.1) is 5.92 Å². The summed E-state index contributed by atoms with van der Waals surface area (Å²) < 4.78 is 1.20. The van der Waals surface area contributed by atoms with Crippen LogP contribution in [0.3, 0.4) is 0 Å². The molecule has 1 rings (SSSR count). The lowest BCUT2D eigenvalue weighted by Crippen LogP contribution is -2.52. The molecule has 0 unspecified atom stereocenters. The predicted molar refractivity (Wildman–Crippen MR) is 74.2 cm³/mol. The maximum absolute atomic E-state index is 11.3. The summed E-state index contributed by atoms with van der Waals surface area (Å²) in [6.07, 6.45) is 3.63. The van der Waals surface area contributed by atoms with Gasteiger partial charge in [-0.1, -0.05) is 22.6 Å². The number of carbonyl (C=O) groups is 1. The minimum atomic E-state index is -0.773. The highest BCUT2D eigenvalue weighted by Crippen LogP contribution is 2.32. The van der Waals surface area contributed by atoms with Crippen molar-refractivity contribution in [3.05, 3.63) is 0 Å². The van der Waals surface area contributed by atoms with E-state index in [1.165, 1.54) is 17.3 Å². The van der Waals surface area contributed by atoms with Crippen molar-refractivity contribution in [1.82, 2.24) is 4.90 Å². The third kappa shape index (κ3) is 3.50. The smallest absolute Gasteiger partial charge is 0.407 e. The third-order valence-electron chi connectivity index (χ3n) is 3.33. The van der Waals surface area contributed by atoms with E-state index in [9.17, 15) is 9.90 Å². The summed E-state index contributed by atoms with van der Waals surface area (Å²) in [6.45, 7) is 5.93. The number of hydrogen-bond donors (Lipinski definition) is 1. The summed E-state index contributed by atoms with van der Waals surface area (Å²) in [5.41, 5.74) is -0.284. The van der Waals surface area contributed by atoms with Crippen LogP contribution in [0.25, 0.3) is 0 Å². The fourth-order valence-electron chi connectivity index (χ4n) is 2.55. The number of nitrogens with zero attached hydrogens (tertiary/aromatic N) is 1.